The Morgan fingerprint density at radius 2 is 2.00 bits per heavy atom. The van der Waals surface area contributed by atoms with Gasteiger partial charge in [0, 0.05) is 18.3 Å². The van der Waals surface area contributed by atoms with Gasteiger partial charge in [0.1, 0.15) is 6.04 Å². The summed E-state index contributed by atoms with van der Waals surface area (Å²) in [5.41, 5.74) is 2.02. The summed E-state index contributed by atoms with van der Waals surface area (Å²) in [6.07, 6.45) is 2.85. The maximum absolute atomic E-state index is 12.5. The summed E-state index contributed by atoms with van der Waals surface area (Å²) in [5, 5.41) is 9.06. The standard InChI is InChI=1S/C16H21N3O2/c1-10(15(20)19-11-6-7-11)18-16(21)13-8-9-17-14-5-3-2-4-12(13)14/h2-5,10-11,13,17H,6-9H2,1H3,(H,18,21)(H,19,20). The molecule has 1 aromatic carbocycles. The van der Waals surface area contributed by atoms with Crippen LogP contribution in [0.15, 0.2) is 24.3 Å². The summed E-state index contributed by atoms with van der Waals surface area (Å²) in [6, 6.07) is 7.68. The topological polar surface area (TPSA) is 70.2 Å². The molecule has 1 aliphatic carbocycles. The third-order valence-corrected chi connectivity index (χ3v) is 4.08. The fourth-order valence-corrected chi connectivity index (χ4v) is 2.67. The minimum absolute atomic E-state index is 0.0672. The van der Waals surface area contributed by atoms with E-state index in [9.17, 15) is 9.59 Å². The van der Waals surface area contributed by atoms with Gasteiger partial charge in [0.2, 0.25) is 11.8 Å². The SMILES string of the molecule is CC(NC(=O)C1CCNc2ccccc21)C(=O)NC1CC1. The third kappa shape index (κ3) is 3.17. The van der Waals surface area contributed by atoms with Crippen LogP contribution in [0.3, 0.4) is 0 Å². The van der Waals surface area contributed by atoms with Crippen LogP contribution >= 0.6 is 0 Å². The molecule has 0 aromatic heterocycles. The number of carbonyl (C=O) groups is 2. The molecular formula is C16H21N3O2. The van der Waals surface area contributed by atoms with E-state index in [4.69, 9.17) is 0 Å². The van der Waals surface area contributed by atoms with Gasteiger partial charge < -0.3 is 16.0 Å². The first kappa shape index (κ1) is 13.9. The molecule has 2 unspecified atom stereocenters. The van der Waals surface area contributed by atoms with Gasteiger partial charge in [-0.15, -0.1) is 0 Å². The number of benzene rings is 1. The van der Waals surface area contributed by atoms with Crippen LogP contribution in [0, 0.1) is 0 Å². The highest BCUT2D eigenvalue weighted by Gasteiger charge is 2.30. The molecule has 1 aromatic rings. The van der Waals surface area contributed by atoms with Crippen molar-refractivity contribution < 1.29 is 9.59 Å². The second-order valence-corrected chi connectivity index (χ2v) is 5.87. The number of carbonyl (C=O) groups excluding carboxylic acids is 2. The summed E-state index contributed by atoms with van der Waals surface area (Å²) < 4.78 is 0. The molecule has 0 radical (unpaired) electrons. The number of para-hydroxylation sites is 1. The van der Waals surface area contributed by atoms with Crippen LogP contribution in [0.2, 0.25) is 0 Å². The van der Waals surface area contributed by atoms with Crippen molar-refractivity contribution in [3.63, 3.8) is 0 Å². The largest absolute Gasteiger partial charge is 0.385 e. The molecule has 1 fully saturated rings. The van der Waals surface area contributed by atoms with E-state index < -0.39 is 6.04 Å². The molecule has 2 amide bonds. The highest BCUT2D eigenvalue weighted by atomic mass is 16.2. The number of amides is 2. The number of hydrogen-bond acceptors (Lipinski definition) is 3. The molecule has 3 rings (SSSR count). The van der Waals surface area contributed by atoms with Crippen molar-refractivity contribution in [2.75, 3.05) is 11.9 Å². The molecule has 21 heavy (non-hydrogen) atoms. The van der Waals surface area contributed by atoms with Gasteiger partial charge in [0.05, 0.1) is 5.92 Å². The monoisotopic (exact) mass is 287 g/mol. The highest BCUT2D eigenvalue weighted by Crippen LogP contribution is 2.31. The lowest BCUT2D eigenvalue weighted by atomic mass is 9.90. The first-order chi connectivity index (χ1) is 10.1. The summed E-state index contributed by atoms with van der Waals surface area (Å²) in [7, 11) is 0. The van der Waals surface area contributed by atoms with Gasteiger partial charge in [-0.3, -0.25) is 9.59 Å². The van der Waals surface area contributed by atoms with E-state index >= 15 is 0 Å². The van der Waals surface area contributed by atoms with Crippen LogP contribution in [0.1, 0.15) is 37.7 Å². The minimum atomic E-state index is -0.486. The van der Waals surface area contributed by atoms with Crippen LogP contribution in [0.4, 0.5) is 5.69 Å². The molecule has 3 N–H and O–H groups in total. The van der Waals surface area contributed by atoms with Crippen molar-refractivity contribution in [1.29, 1.82) is 0 Å². The lowest BCUT2D eigenvalue weighted by Gasteiger charge is -2.27. The van der Waals surface area contributed by atoms with Gasteiger partial charge in [0.15, 0.2) is 0 Å². The molecule has 5 heteroatoms. The summed E-state index contributed by atoms with van der Waals surface area (Å²) in [5.74, 6) is -0.339. The Morgan fingerprint density at radius 3 is 2.76 bits per heavy atom. The van der Waals surface area contributed by atoms with Crippen molar-refractivity contribution in [2.24, 2.45) is 0 Å². The van der Waals surface area contributed by atoms with Crippen molar-refractivity contribution in [3.05, 3.63) is 29.8 Å². The Balaban J connectivity index is 1.64. The molecule has 2 aliphatic rings. The summed E-state index contributed by atoms with van der Waals surface area (Å²) in [4.78, 5) is 24.4. The zero-order valence-electron chi connectivity index (χ0n) is 12.2. The average Bonchev–Trinajstić information content (AvgIpc) is 3.30. The van der Waals surface area contributed by atoms with E-state index in [1.807, 2.05) is 24.3 Å². The van der Waals surface area contributed by atoms with Gasteiger partial charge in [-0.1, -0.05) is 18.2 Å². The first-order valence-corrected chi connectivity index (χ1v) is 7.58. The van der Waals surface area contributed by atoms with Gasteiger partial charge >= 0.3 is 0 Å². The predicted octanol–water partition coefficient (Wildman–Crippen LogP) is 1.37. The molecule has 0 spiro atoms. The van der Waals surface area contributed by atoms with Crippen molar-refractivity contribution in [3.8, 4) is 0 Å². The van der Waals surface area contributed by atoms with Gasteiger partial charge in [-0.05, 0) is 37.8 Å². The molecule has 5 nitrogen and oxygen atoms in total. The molecule has 0 saturated heterocycles. The zero-order valence-corrected chi connectivity index (χ0v) is 12.2. The normalized spacial score (nSPS) is 21.7. The molecule has 1 heterocycles. The van der Waals surface area contributed by atoms with Crippen molar-refractivity contribution in [2.45, 2.75) is 44.2 Å². The number of anilines is 1. The van der Waals surface area contributed by atoms with Crippen LogP contribution < -0.4 is 16.0 Å². The second kappa shape index (κ2) is 5.76. The van der Waals surface area contributed by atoms with E-state index in [1.54, 1.807) is 6.92 Å². The highest BCUT2D eigenvalue weighted by molar-refractivity contribution is 5.91. The zero-order chi connectivity index (χ0) is 14.8. The fourth-order valence-electron chi connectivity index (χ4n) is 2.67. The molecule has 2 atom stereocenters. The summed E-state index contributed by atoms with van der Waals surface area (Å²) >= 11 is 0. The van der Waals surface area contributed by atoms with Gasteiger partial charge in [-0.2, -0.15) is 0 Å². The molecular weight excluding hydrogens is 266 g/mol. The maximum atomic E-state index is 12.5. The van der Waals surface area contributed by atoms with Crippen molar-refractivity contribution in [1.82, 2.24) is 10.6 Å². The Kier molecular flexibility index (Phi) is 3.82. The maximum Gasteiger partial charge on any atom is 0.242 e. The second-order valence-electron chi connectivity index (χ2n) is 5.87. The van der Waals surface area contributed by atoms with Crippen LogP contribution in [-0.2, 0) is 9.59 Å². The summed E-state index contributed by atoms with van der Waals surface area (Å²) in [6.45, 7) is 2.51. The molecule has 112 valence electrons. The Hall–Kier alpha value is -2.04. The lowest BCUT2D eigenvalue weighted by molar-refractivity contribution is -0.129. The molecule has 1 aliphatic heterocycles. The quantitative estimate of drug-likeness (QED) is 0.783. The predicted molar refractivity (Wildman–Crippen MR) is 81.1 cm³/mol. The number of hydrogen-bond donors (Lipinski definition) is 3. The van der Waals surface area contributed by atoms with E-state index in [0.29, 0.717) is 6.04 Å². The van der Waals surface area contributed by atoms with E-state index in [1.165, 1.54) is 0 Å². The van der Waals surface area contributed by atoms with E-state index in [2.05, 4.69) is 16.0 Å². The lowest BCUT2D eigenvalue weighted by Crippen LogP contribution is -2.47. The smallest absolute Gasteiger partial charge is 0.242 e. The third-order valence-electron chi connectivity index (χ3n) is 4.08. The van der Waals surface area contributed by atoms with E-state index in [0.717, 1.165) is 37.1 Å². The number of nitrogens with one attached hydrogen (secondary N) is 3. The Morgan fingerprint density at radius 1 is 1.24 bits per heavy atom. The number of rotatable bonds is 4. The Bertz CT molecular complexity index is 554. The van der Waals surface area contributed by atoms with Crippen LogP contribution in [0.25, 0.3) is 0 Å². The Labute approximate surface area is 124 Å². The van der Waals surface area contributed by atoms with Gasteiger partial charge in [-0.25, -0.2) is 0 Å². The van der Waals surface area contributed by atoms with Crippen LogP contribution in [-0.4, -0.2) is 30.4 Å². The molecule has 0 bridgehead atoms. The average molecular weight is 287 g/mol. The van der Waals surface area contributed by atoms with Crippen LogP contribution in [0.5, 0.6) is 0 Å². The van der Waals surface area contributed by atoms with Crippen molar-refractivity contribution >= 4 is 17.5 Å². The molecule has 1 saturated carbocycles. The van der Waals surface area contributed by atoms with Gasteiger partial charge in [0.25, 0.3) is 0 Å². The van der Waals surface area contributed by atoms with E-state index in [-0.39, 0.29) is 17.7 Å². The minimum Gasteiger partial charge on any atom is -0.385 e. The fraction of sp³-hybridized carbons (Fsp3) is 0.500. The number of fused-ring (bicyclic) bond motifs is 1. The first-order valence-electron chi connectivity index (χ1n) is 7.58.